The first-order valence-corrected chi connectivity index (χ1v) is 11.3. The summed E-state index contributed by atoms with van der Waals surface area (Å²) < 4.78 is 15.9. The zero-order valence-corrected chi connectivity index (χ0v) is 20.3. The summed E-state index contributed by atoms with van der Waals surface area (Å²) in [5.74, 6) is 2.20. The second-order valence-corrected chi connectivity index (χ2v) is 7.92. The summed E-state index contributed by atoms with van der Waals surface area (Å²) in [5.41, 5.74) is 1.11. The molecule has 1 amide bonds. The van der Waals surface area contributed by atoms with Gasteiger partial charge in [0.15, 0.2) is 17.5 Å². The Hall–Kier alpha value is -2.68. The number of hydrogen-bond acceptors (Lipinski definition) is 6. The van der Waals surface area contributed by atoms with Gasteiger partial charge in [-0.25, -0.2) is 4.79 Å². The van der Waals surface area contributed by atoms with E-state index in [-0.39, 0.29) is 18.2 Å². The van der Waals surface area contributed by atoms with E-state index < -0.39 is 0 Å². The average Bonchev–Trinajstić information content (AvgIpc) is 2.79. The third-order valence-electron chi connectivity index (χ3n) is 5.54. The van der Waals surface area contributed by atoms with Gasteiger partial charge in [-0.2, -0.15) is 0 Å². The van der Waals surface area contributed by atoms with Gasteiger partial charge in [0.1, 0.15) is 0 Å². The van der Waals surface area contributed by atoms with E-state index in [1.54, 1.807) is 19.1 Å². The molecule has 2 rings (SSSR count). The molecule has 1 aliphatic rings. The highest BCUT2D eigenvalue weighted by Gasteiger charge is 2.24. The number of likely N-dealkylation sites (tertiary alicyclic amines) is 1. The number of ether oxygens (including phenoxy) is 3. The minimum absolute atomic E-state index is 0.0796. The SMILES string of the molecule is CCNC(=NCC(c1ccc(OC)c(OC)c1)N(C)C)NC1CCN(C(=O)OCC)CC1. The highest BCUT2D eigenvalue weighted by Crippen LogP contribution is 2.31. The van der Waals surface area contributed by atoms with Crippen LogP contribution in [0.15, 0.2) is 23.2 Å². The van der Waals surface area contributed by atoms with Crippen LogP contribution in [-0.4, -0.2) is 89.0 Å². The van der Waals surface area contributed by atoms with E-state index in [1.807, 2.05) is 39.2 Å². The van der Waals surface area contributed by atoms with Crippen molar-refractivity contribution in [2.45, 2.75) is 38.8 Å². The molecular weight excluding hydrogens is 410 g/mol. The van der Waals surface area contributed by atoms with Crippen molar-refractivity contribution in [1.29, 1.82) is 0 Å². The molecule has 1 saturated heterocycles. The van der Waals surface area contributed by atoms with Gasteiger partial charge < -0.3 is 34.6 Å². The Balaban J connectivity index is 2.05. The summed E-state index contributed by atoms with van der Waals surface area (Å²) >= 11 is 0. The second-order valence-electron chi connectivity index (χ2n) is 7.92. The van der Waals surface area contributed by atoms with Crippen LogP contribution < -0.4 is 20.1 Å². The Labute approximate surface area is 192 Å². The normalized spacial score (nSPS) is 16.0. The van der Waals surface area contributed by atoms with Crippen molar-refractivity contribution in [1.82, 2.24) is 20.4 Å². The van der Waals surface area contributed by atoms with Gasteiger partial charge in [0.2, 0.25) is 0 Å². The fraction of sp³-hybridized carbons (Fsp3) is 0.652. The molecule has 0 aliphatic carbocycles. The summed E-state index contributed by atoms with van der Waals surface area (Å²) in [6, 6.07) is 6.32. The fourth-order valence-corrected chi connectivity index (χ4v) is 3.74. The van der Waals surface area contributed by atoms with E-state index in [2.05, 4.69) is 22.5 Å². The number of carbonyl (C=O) groups excluding carboxylic acids is 1. The molecule has 2 N–H and O–H groups in total. The lowest BCUT2D eigenvalue weighted by Gasteiger charge is -2.32. The summed E-state index contributed by atoms with van der Waals surface area (Å²) in [5, 5.41) is 6.87. The van der Waals surface area contributed by atoms with Gasteiger partial charge in [-0.1, -0.05) is 6.07 Å². The maximum Gasteiger partial charge on any atom is 0.409 e. The third kappa shape index (κ3) is 7.19. The molecule has 9 nitrogen and oxygen atoms in total. The van der Waals surface area contributed by atoms with Crippen LogP contribution in [0.25, 0.3) is 0 Å². The van der Waals surface area contributed by atoms with Gasteiger partial charge in [-0.05, 0) is 58.5 Å². The third-order valence-corrected chi connectivity index (χ3v) is 5.54. The van der Waals surface area contributed by atoms with E-state index in [0.29, 0.717) is 37.7 Å². The Morgan fingerprint density at radius 3 is 2.44 bits per heavy atom. The number of guanidine groups is 1. The van der Waals surface area contributed by atoms with Crippen LogP contribution in [0.1, 0.15) is 38.3 Å². The number of methoxy groups -OCH3 is 2. The Bertz CT molecular complexity index is 748. The number of piperidine rings is 1. The number of amides is 1. The average molecular weight is 450 g/mol. The van der Waals surface area contributed by atoms with Crippen LogP contribution in [0.4, 0.5) is 4.79 Å². The van der Waals surface area contributed by atoms with Crippen LogP contribution in [0.2, 0.25) is 0 Å². The molecule has 0 bridgehead atoms. The summed E-state index contributed by atoms with van der Waals surface area (Å²) in [4.78, 5) is 20.7. The molecule has 1 heterocycles. The number of aliphatic imine (C=N–C) groups is 1. The number of rotatable bonds is 9. The zero-order chi connectivity index (χ0) is 23.5. The number of nitrogens with one attached hydrogen (secondary N) is 2. The van der Waals surface area contributed by atoms with Crippen molar-refractivity contribution in [3.8, 4) is 11.5 Å². The van der Waals surface area contributed by atoms with E-state index in [1.165, 1.54) is 0 Å². The highest BCUT2D eigenvalue weighted by atomic mass is 16.6. The number of hydrogen-bond donors (Lipinski definition) is 2. The number of nitrogens with zero attached hydrogens (tertiary/aromatic N) is 3. The summed E-state index contributed by atoms with van der Waals surface area (Å²) in [7, 11) is 7.37. The summed E-state index contributed by atoms with van der Waals surface area (Å²) in [6.07, 6.45) is 1.49. The molecule has 1 atom stereocenters. The van der Waals surface area contributed by atoms with Gasteiger partial charge in [-0.15, -0.1) is 0 Å². The molecule has 0 aromatic heterocycles. The largest absolute Gasteiger partial charge is 0.493 e. The van der Waals surface area contributed by atoms with Gasteiger partial charge in [0, 0.05) is 25.7 Å². The van der Waals surface area contributed by atoms with Crippen molar-refractivity contribution in [2.24, 2.45) is 4.99 Å². The molecular formula is C23H39N5O4. The monoisotopic (exact) mass is 449 g/mol. The van der Waals surface area contributed by atoms with Crippen LogP contribution in [0.5, 0.6) is 11.5 Å². The predicted octanol–water partition coefficient (Wildman–Crippen LogP) is 2.48. The van der Waals surface area contributed by atoms with E-state index in [0.717, 1.165) is 30.9 Å². The van der Waals surface area contributed by atoms with Gasteiger partial charge in [0.05, 0.1) is 33.4 Å². The van der Waals surface area contributed by atoms with Crippen LogP contribution >= 0.6 is 0 Å². The van der Waals surface area contributed by atoms with Crippen molar-refractivity contribution < 1.29 is 19.0 Å². The molecule has 32 heavy (non-hydrogen) atoms. The number of benzene rings is 1. The molecule has 180 valence electrons. The predicted molar refractivity (Wildman–Crippen MR) is 127 cm³/mol. The topological polar surface area (TPSA) is 87.7 Å². The first kappa shape index (κ1) is 25.6. The molecule has 1 fully saturated rings. The lowest BCUT2D eigenvalue weighted by Crippen LogP contribution is -2.50. The molecule has 1 unspecified atom stereocenters. The molecule has 1 aromatic rings. The lowest BCUT2D eigenvalue weighted by molar-refractivity contribution is 0.0963. The first-order chi connectivity index (χ1) is 15.4. The zero-order valence-electron chi connectivity index (χ0n) is 20.3. The van der Waals surface area contributed by atoms with Crippen molar-refractivity contribution in [3.63, 3.8) is 0 Å². The summed E-state index contributed by atoms with van der Waals surface area (Å²) in [6.45, 7) is 7.01. The smallest absolute Gasteiger partial charge is 0.409 e. The van der Waals surface area contributed by atoms with Gasteiger partial charge >= 0.3 is 6.09 Å². The van der Waals surface area contributed by atoms with Crippen molar-refractivity contribution in [2.75, 3.05) is 61.1 Å². The number of likely N-dealkylation sites (N-methyl/N-ethyl adjacent to an activating group) is 1. The Morgan fingerprint density at radius 2 is 1.88 bits per heavy atom. The van der Waals surface area contributed by atoms with Crippen LogP contribution in [0, 0.1) is 0 Å². The van der Waals surface area contributed by atoms with E-state index >= 15 is 0 Å². The van der Waals surface area contributed by atoms with Crippen molar-refractivity contribution in [3.05, 3.63) is 23.8 Å². The molecule has 0 saturated carbocycles. The van der Waals surface area contributed by atoms with E-state index in [9.17, 15) is 4.79 Å². The maximum atomic E-state index is 11.9. The molecule has 1 aliphatic heterocycles. The standard InChI is InChI=1S/C23H39N5O4/c1-7-24-22(26-18-11-13-28(14-12-18)23(29)32-8-2)25-16-19(27(3)4)17-9-10-20(30-5)21(15-17)31-6/h9-10,15,18-19H,7-8,11-14,16H2,1-6H3,(H2,24,25,26). The first-order valence-electron chi connectivity index (χ1n) is 11.3. The van der Waals surface area contributed by atoms with Crippen LogP contribution in [0.3, 0.4) is 0 Å². The maximum absolute atomic E-state index is 11.9. The quantitative estimate of drug-likeness (QED) is 0.442. The van der Waals surface area contributed by atoms with E-state index in [4.69, 9.17) is 19.2 Å². The van der Waals surface area contributed by atoms with Crippen LogP contribution in [-0.2, 0) is 4.74 Å². The molecule has 0 radical (unpaired) electrons. The molecule has 9 heteroatoms. The Morgan fingerprint density at radius 1 is 1.19 bits per heavy atom. The fourth-order valence-electron chi connectivity index (χ4n) is 3.74. The minimum Gasteiger partial charge on any atom is -0.493 e. The van der Waals surface area contributed by atoms with Gasteiger partial charge in [-0.3, -0.25) is 4.99 Å². The molecule has 1 aromatic carbocycles. The van der Waals surface area contributed by atoms with Gasteiger partial charge in [0.25, 0.3) is 0 Å². The minimum atomic E-state index is -0.227. The van der Waals surface area contributed by atoms with Crippen molar-refractivity contribution >= 4 is 12.1 Å². The molecule has 0 spiro atoms. The Kier molecular flexibility index (Phi) is 10.4. The number of carbonyl (C=O) groups is 1. The lowest BCUT2D eigenvalue weighted by atomic mass is 10.1. The highest BCUT2D eigenvalue weighted by molar-refractivity contribution is 5.80. The second kappa shape index (κ2) is 13.0.